The maximum Gasteiger partial charge on any atom is 0.182 e. The molecular weight excluding hydrogens is 318 g/mol. The molecule has 0 aliphatic carbocycles. The van der Waals surface area contributed by atoms with Gasteiger partial charge in [-0.3, -0.25) is 10.2 Å². The van der Waals surface area contributed by atoms with E-state index in [-0.39, 0.29) is 16.5 Å². The van der Waals surface area contributed by atoms with Crippen LogP contribution < -0.4 is 10.7 Å². The van der Waals surface area contributed by atoms with Gasteiger partial charge in [0.2, 0.25) is 0 Å². The van der Waals surface area contributed by atoms with E-state index in [4.69, 9.17) is 23.8 Å². The zero-order valence-electron chi connectivity index (χ0n) is 11.8. The van der Waals surface area contributed by atoms with Crippen molar-refractivity contribution in [1.29, 1.82) is 0 Å². The number of para-hydroxylation sites is 1. The quantitative estimate of drug-likeness (QED) is 0.491. The number of ketones is 1. The van der Waals surface area contributed by atoms with Crippen molar-refractivity contribution in [3.8, 4) is 0 Å². The van der Waals surface area contributed by atoms with Crippen LogP contribution in [0, 0.1) is 0 Å². The first-order valence-corrected chi connectivity index (χ1v) is 7.31. The van der Waals surface area contributed by atoms with E-state index in [0.29, 0.717) is 10.7 Å². The van der Waals surface area contributed by atoms with Crippen LogP contribution in [0.15, 0.2) is 59.7 Å². The van der Waals surface area contributed by atoms with Crippen molar-refractivity contribution in [3.63, 3.8) is 0 Å². The molecule has 0 radical (unpaired) electrons. The summed E-state index contributed by atoms with van der Waals surface area (Å²) in [6, 6.07) is 16.3. The first-order chi connectivity index (χ1) is 10.6. The Balaban J connectivity index is 2.11. The first kappa shape index (κ1) is 16.1. The van der Waals surface area contributed by atoms with Crippen molar-refractivity contribution in [3.05, 3.63) is 59.6 Å². The van der Waals surface area contributed by atoms with Gasteiger partial charge in [-0.2, -0.15) is 5.10 Å². The van der Waals surface area contributed by atoms with E-state index < -0.39 is 0 Å². The van der Waals surface area contributed by atoms with E-state index in [9.17, 15) is 4.79 Å². The van der Waals surface area contributed by atoms with Crippen LogP contribution in [-0.2, 0) is 4.79 Å². The van der Waals surface area contributed by atoms with Gasteiger partial charge in [-0.1, -0.05) is 42.0 Å². The molecule has 22 heavy (non-hydrogen) atoms. The Morgan fingerprint density at radius 1 is 1.05 bits per heavy atom. The van der Waals surface area contributed by atoms with Crippen LogP contribution in [0.25, 0.3) is 0 Å². The summed E-state index contributed by atoms with van der Waals surface area (Å²) in [6.45, 7) is 1.42. The molecule has 0 atom stereocenters. The van der Waals surface area contributed by atoms with Crippen molar-refractivity contribution < 1.29 is 4.79 Å². The largest absolute Gasteiger partial charge is 0.345 e. The molecule has 0 unspecified atom stereocenters. The Kier molecular flexibility index (Phi) is 5.63. The number of hydrogen-bond donors (Lipinski definition) is 2. The number of hydrazone groups is 1. The number of benzene rings is 2. The molecule has 2 aromatic rings. The summed E-state index contributed by atoms with van der Waals surface area (Å²) in [5, 5.41) is 7.70. The van der Waals surface area contributed by atoms with E-state index in [1.807, 2.05) is 30.3 Å². The van der Waals surface area contributed by atoms with Gasteiger partial charge in [0.25, 0.3) is 0 Å². The van der Waals surface area contributed by atoms with Crippen LogP contribution in [0.1, 0.15) is 6.92 Å². The van der Waals surface area contributed by atoms with Crippen molar-refractivity contribution in [2.24, 2.45) is 5.10 Å². The maximum absolute atomic E-state index is 11.7. The van der Waals surface area contributed by atoms with Gasteiger partial charge in [0.15, 0.2) is 11.5 Å². The summed E-state index contributed by atoms with van der Waals surface area (Å²) in [7, 11) is 0. The number of nitrogens with one attached hydrogen (secondary N) is 2. The lowest BCUT2D eigenvalue weighted by atomic mass is 10.2. The lowest BCUT2D eigenvalue weighted by molar-refractivity contribution is -0.110. The molecule has 4 nitrogen and oxygen atoms in total. The molecule has 0 bridgehead atoms. The van der Waals surface area contributed by atoms with Gasteiger partial charge in [0, 0.05) is 17.6 Å². The summed E-state index contributed by atoms with van der Waals surface area (Å²) >= 11 is 11.1. The summed E-state index contributed by atoms with van der Waals surface area (Å²) in [5.41, 5.74) is 4.47. The van der Waals surface area contributed by atoms with Gasteiger partial charge in [0.1, 0.15) is 4.99 Å². The molecule has 6 heteroatoms. The van der Waals surface area contributed by atoms with Crippen LogP contribution in [0.2, 0.25) is 5.02 Å². The molecular formula is C16H14ClN3OS. The Morgan fingerprint density at radius 3 is 2.27 bits per heavy atom. The average Bonchev–Trinajstić information content (AvgIpc) is 2.50. The fourth-order valence-electron chi connectivity index (χ4n) is 1.65. The van der Waals surface area contributed by atoms with Crippen molar-refractivity contribution in [2.75, 3.05) is 10.7 Å². The van der Waals surface area contributed by atoms with E-state index in [0.717, 1.165) is 5.69 Å². The average molecular weight is 332 g/mol. The van der Waals surface area contributed by atoms with Crippen molar-refractivity contribution >= 4 is 51.7 Å². The minimum Gasteiger partial charge on any atom is -0.345 e. The number of rotatable bonds is 5. The van der Waals surface area contributed by atoms with Gasteiger partial charge >= 0.3 is 0 Å². The van der Waals surface area contributed by atoms with Crippen LogP contribution in [0.4, 0.5) is 11.4 Å². The van der Waals surface area contributed by atoms with Crippen molar-refractivity contribution in [2.45, 2.75) is 6.92 Å². The van der Waals surface area contributed by atoms with Gasteiger partial charge in [-0.05, 0) is 36.4 Å². The Morgan fingerprint density at radius 2 is 1.68 bits per heavy atom. The standard InChI is InChI=1S/C16H14ClN3OS/c1-11(21)15(16(22)18-13-5-3-2-4-6-13)20-19-14-9-7-12(17)8-10-14/h2-10,19H,1H3,(H,18,22)/b20-15-. The molecule has 112 valence electrons. The number of anilines is 2. The van der Waals surface area contributed by atoms with Crippen molar-refractivity contribution in [1.82, 2.24) is 0 Å². The minimum absolute atomic E-state index is 0.161. The van der Waals surface area contributed by atoms with Gasteiger partial charge in [-0.15, -0.1) is 0 Å². The highest BCUT2D eigenvalue weighted by atomic mass is 35.5. The lowest BCUT2D eigenvalue weighted by Crippen LogP contribution is -2.27. The third-order valence-electron chi connectivity index (χ3n) is 2.72. The van der Waals surface area contributed by atoms with Gasteiger partial charge in [-0.25, -0.2) is 0 Å². The highest BCUT2D eigenvalue weighted by molar-refractivity contribution is 7.82. The molecule has 2 N–H and O–H groups in total. The summed E-state index contributed by atoms with van der Waals surface area (Å²) in [5.74, 6) is -0.227. The third kappa shape index (κ3) is 4.65. The predicted molar refractivity (Wildman–Crippen MR) is 95.9 cm³/mol. The van der Waals surface area contributed by atoms with E-state index in [1.54, 1.807) is 24.3 Å². The number of hydrogen-bond acceptors (Lipinski definition) is 4. The third-order valence-corrected chi connectivity index (χ3v) is 3.27. The van der Waals surface area contributed by atoms with Crippen LogP contribution >= 0.6 is 23.8 Å². The van der Waals surface area contributed by atoms with Crippen LogP contribution in [0.3, 0.4) is 0 Å². The summed E-state index contributed by atoms with van der Waals surface area (Å²) in [6.07, 6.45) is 0. The molecule has 0 amide bonds. The fourth-order valence-corrected chi connectivity index (χ4v) is 2.08. The second-order valence-corrected chi connectivity index (χ2v) is 5.30. The molecule has 0 spiro atoms. The lowest BCUT2D eigenvalue weighted by Gasteiger charge is -2.09. The molecule has 0 heterocycles. The number of Topliss-reactive ketones (excluding diaryl/α,β-unsaturated/α-hetero) is 1. The molecule has 0 aliphatic heterocycles. The zero-order valence-corrected chi connectivity index (χ0v) is 13.4. The molecule has 0 aromatic heterocycles. The minimum atomic E-state index is -0.227. The summed E-state index contributed by atoms with van der Waals surface area (Å²) < 4.78 is 0. The summed E-state index contributed by atoms with van der Waals surface area (Å²) in [4.78, 5) is 12.0. The normalized spacial score (nSPS) is 10.9. The number of carbonyl (C=O) groups is 1. The van der Waals surface area contributed by atoms with E-state index >= 15 is 0 Å². The Hall–Kier alpha value is -2.24. The number of thiocarbonyl (C=S) groups is 1. The predicted octanol–water partition coefficient (Wildman–Crippen LogP) is 4.14. The number of carbonyl (C=O) groups excluding carboxylic acids is 1. The van der Waals surface area contributed by atoms with Gasteiger partial charge in [0.05, 0.1) is 5.69 Å². The zero-order chi connectivity index (χ0) is 15.9. The highest BCUT2D eigenvalue weighted by Gasteiger charge is 2.13. The number of halogens is 1. The molecule has 0 aliphatic rings. The first-order valence-electron chi connectivity index (χ1n) is 6.53. The smallest absolute Gasteiger partial charge is 0.182 e. The second kappa shape index (κ2) is 7.68. The topological polar surface area (TPSA) is 53.5 Å². The molecule has 2 aromatic carbocycles. The van der Waals surface area contributed by atoms with Crippen LogP contribution in [-0.4, -0.2) is 16.5 Å². The fraction of sp³-hybridized carbons (Fsp3) is 0.0625. The van der Waals surface area contributed by atoms with E-state index in [1.165, 1.54) is 6.92 Å². The molecule has 0 saturated heterocycles. The van der Waals surface area contributed by atoms with Crippen LogP contribution in [0.5, 0.6) is 0 Å². The Bertz CT molecular complexity index is 699. The molecule has 0 saturated carbocycles. The SMILES string of the molecule is CC(=O)/C(=N/Nc1ccc(Cl)cc1)C(=S)Nc1ccccc1. The molecule has 0 fully saturated rings. The monoisotopic (exact) mass is 331 g/mol. The Labute approximate surface area is 139 Å². The second-order valence-electron chi connectivity index (χ2n) is 4.46. The maximum atomic E-state index is 11.7. The number of nitrogens with zero attached hydrogens (tertiary/aromatic N) is 1. The van der Waals surface area contributed by atoms with Gasteiger partial charge < -0.3 is 5.32 Å². The highest BCUT2D eigenvalue weighted by Crippen LogP contribution is 2.13. The van der Waals surface area contributed by atoms with E-state index in [2.05, 4.69) is 15.8 Å². The molecule has 2 rings (SSSR count).